The van der Waals surface area contributed by atoms with E-state index in [1.165, 1.54) is 12.1 Å². The average molecular weight is 386 g/mol. The number of carbonyl (C=O) groups is 1. The molecule has 1 N–H and O–H groups in total. The maximum absolute atomic E-state index is 13.1. The molecule has 1 fully saturated rings. The molecule has 0 aliphatic carbocycles. The minimum atomic E-state index is -0.259. The Hall–Kier alpha value is -2.90. The summed E-state index contributed by atoms with van der Waals surface area (Å²) in [5.74, 6) is 0.743. The number of piperazine rings is 1. The van der Waals surface area contributed by atoms with Crippen LogP contribution in [0.15, 0.2) is 41.5 Å². The highest BCUT2D eigenvalue weighted by Crippen LogP contribution is 2.09. The van der Waals surface area contributed by atoms with Gasteiger partial charge in [-0.3, -0.25) is 9.79 Å². The smallest absolute Gasteiger partial charge is 0.219 e. The third-order valence-electron chi connectivity index (χ3n) is 4.72. The molecular formula is C20H27FN6O. The number of guanidine groups is 1. The van der Waals surface area contributed by atoms with Crippen LogP contribution in [-0.4, -0.2) is 70.7 Å². The number of benzene rings is 1. The van der Waals surface area contributed by atoms with Crippen LogP contribution in [0.4, 0.5) is 4.39 Å². The highest BCUT2D eigenvalue weighted by molar-refractivity contribution is 5.80. The predicted molar refractivity (Wildman–Crippen MR) is 107 cm³/mol. The van der Waals surface area contributed by atoms with Gasteiger partial charge >= 0.3 is 0 Å². The lowest BCUT2D eigenvalue weighted by Gasteiger charge is -2.36. The van der Waals surface area contributed by atoms with Crippen molar-refractivity contribution in [1.82, 2.24) is 24.9 Å². The van der Waals surface area contributed by atoms with Crippen molar-refractivity contribution < 1.29 is 9.18 Å². The number of carbonyl (C=O) groups excluding carboxylic acids is 1. The molecule has 0 radical (unpaired) electrons. The third-order valence-corrected chi connectivity index (χ3v) is 4.72. The monoisotopic (exact) mass is 386 g/mol. The van der Waals surface area contributed by atoms with Crippen molar-refractivity contribution in [3.05, 3.63) is 48.0 Å². The Bertz CT molecular complexity index is 808. The summed E-state index contributed by atoms with van der Waals surface area (Å²) in [6.07, 6.45) is 2.59. The van der Waals surface area contributed by atoms with Gasteiger partial charge in [0.05, 0.1) is 11.4 Å². The van der Waals surface area contributed by atoms with E-state index >= 15 is 0 Å². The summed E-state index contributed by atoms with van der Waals surface area (Å²) < 4.78 is 14.8. The highest BCUT2D eigenvalue weighted by Gasteiger charge is 2.20. The molecular weight excluding hydrogens is 359 g/mol. The Morgan fingerprint density at radius 1 is 1.14 bits per heavy atom. The molecule has 0 atom stereocenters. The number of aliphatic imine (C=N–C) groups is 1. The molecule has 8 heteroatoms. The number of amides is 1. The van der Waals surface area contributed by atoms with Gasteiger partial charge in [0.1, 0.15) is 5.82 Å². The van der Waals surface area contributed by atoms with E-state index in [1.54, 1.807) is 23.7 Å². The van der Waals surface area contributed by atoms with Gasteiger partial charge in [-0.25, -0.2) is 9.07 Å². The number of hydrogen-bond acceptors (Lipinski definition) is 3. The van der Waals surface area contributed by atoms with Crippen LogP contribution in [0.25, 0.3) is 5.69 Å². The Morgan fingerprint density at radius 2 is 1.82 bits per heavy atom. The van der Waals surface area contributed by atoms with Gasteiger partial charge < -0.3 is 15.1 Å². The van der Waals surface area contributed by atoms with Crippen LogP contribution in [0.5, 0.6) is 0 Å². The van der Waals surface area contributed by atoms with Gasteiger partial charge in [-0.05, 0) is 37.3 Å². The molecule has 0 saturated carbocycles. The number of nitrogens with zero attached hydrogens (tertiary/aromatic N) is 5. The van der Waals surface area contributed by atoms with Gasteiger partial charge in [0.15, 0.2) is 5.96 Å². The minimum absolute atomic E-state index is 0.123. The first-order valence-corrected chi connectivity index (χ1v) is 9.66. The molecule has 3 rings (SSSR count). The maximum atomic E-state index is 13.1. The van der Waals surface area contributed by atoms with Crippen LogP contribution in [0.2, 0.25) is 0 Å². The molecule has 2 aromatic rings. The second-order valence-corrected chi connectivity index (χ2v) is 6.71. The van der Waals surface area contributed by atoms with Crippen LogP contribution in [0, 0.1) is 5.82 Å². The van der Waals surface area contributed by atoms with Crippen LogP contribution in [0.3, 0.4) is 0 Å². The normalized spacial score (nSPS) is 15.0. The van der Waals surface area contributed by atoms with Crippen molar-refractivity contribution in [3.63, 3.8) is 0 Å². The molecule has 0 unspecified atom stereocenters. The van der Waals surface area contributed by atoms with Crippen LogP contribution >= 0.6 is 0 Å². The quantitative estimate of drug-likeness (QED) is 0.627. The van der Waals surface area contributed by atoms with Crippen LogP contribution in [0.1, 0.15) is 19.5 Å². The first-order valence-electron chi connectivity index (χ1n) is 9.66. The van der Waals surface area contributed by atoms with E-state index in [1.807, 2.05) is 24.1 Å². The fourth-order valence-corrected chi connectivity index (χ4v) is 3.17. The molecule has 2 heterocycles. The van der Waals surface area contributed by atoms with E-state index in [0.29, 0.717) is 6.54 Å². The minimum Gasteiger partial charge on any atom is -0.357 e. The van der Waals surface area contributed by atoms with Crippen LogP contribution < -0.4 is 5.32 Å². The average Bonchev–Trinajstić information content (AvgIpc) is 3.17. The van der Waals surface area contributed by atoms with Gasteiger partial charge in [-0.1, -0.05) is 0 Å². The number of hydrogen-bond donors (Lipinski definition) is 1. The number of rotatable bonds is 5. The number of aromatic nitrogens is 2. The summed E-state index contributed by atoms with van der Waals surface area (Å²) in [6.45, 7) is 8.09. The summed E-state index contributed by atoms with van der Waals surface area (Å²) in [4.78, 5) is 20.3. The summed E-state index contributed by atoms with van der Waals surface area (Å²) >= 11 is 0. The first kappa shape index (κ1) is 19.9. The largest absolute Gasteiger partial charge is 0.357 e. The topological polar surface area (TPSA) is 65.8 Å². The van der Waals surface area contributed by atoms with Crippen molar-refractivity contribution in [2.75, 3.05) is 39.3 Å². The second-order valence-electron chi connectivity index (χ2n) is 6.71. The standard InChI is InChI=1S/C20H27FN6O/c1-3-22-20(26-14-12-25(13-15-26)16(2)28)23-10-8-18-9-11-27(24-18)19-6-4-17(21)5-7-19/h4-7,9,11H,3,8,10,12-15H2,1-2H3,(H,22,23). The van der Waals surface area contributed by atoms with Crippen molar-refractivity contribution in [1.29, 1.82) is 0 Å². The molecule has 0 spiro atoms. The highest BCUT2D eigenvalue weighted by atomic mass is 19.1. The predicted octanol–water partition coefficient (Wildman–Crippen LogP) is 1.68. The van der Waals surface area contributed by atoms with E-state index in [4.69, 9.17) is 4.99 Å². The summed E-state index contributed by atoms with van der Waals surface area (Å²) in [5, 5.41) is 7.87. The van der Waals surface area contributed by atoms with Gasteiger partial charge in [0.25, 0.3) is 0 Å². The summed E-state index contributed by atoms with van der Waals surface area (Å²) in [6, 6.07) is 8.21. The van der Waals surface area contributed by atoms with Crippen molar-refractivity contribution in [2.45, 2.75) is 20.3 Å². The molecule has 1 aromatic heterocycles. The van der Waals surface area contributed by atoms with Gasteiger partial charge in [-0.15, -0.1) is 0 Å². The molecule has 1 amide bonds. The molecule has 7 nitrogen and oxygen atoms in total. The van der Waals surface area contributed by atoms with Gasteiger partial charge in [-0.2, -0.15) is 5.10 Å². The fourth-order valence-electron chi connectivity index (χ4n) is 3.17. The zero-order valence-corrected chi connectivity index (χ0v) is 16.4. The summed E-state index contributed by atoms with van der Waals surface area (Å²) in [5.41, 5.74) is 1.76. The Morgan fingerprint density at radius 3 is 2.46 bits per heavy atom. The fraction of sp³-hybridized carbons (Fsp3) is 0.450. The summed E-state index contributed by atoms with van der Waals surface area (Å²) in [7, 11) is 0. The molecule has 0 bridgehead atoms. The molecule has 150 valence electrons. The second kappa shape index (κ2) is 9.34. The van der Waals surface area contributed by atoms with Crippen LogP contribution in [-0.2, 0) is 11.2 Å². The van der Waals surface area contributed by atoms with Gasteiger partial charge in [0, 0.05) is 58.8 Å². The molecule has 1 saturated heterocycles. The van der Waals surface area contributed by atoms with Crippen molar-refractivity contribution in [2.24, 2.45) is 4.99 Å². The van der Waals surface area contributed by atoms with E-state index in [-0.39, 0.29) is 11.7 Å². The Balaban J connectivity index is 1.57. The lowest BCUT2D eigenvalue weighted by molar-refractivity contribution is -0.130. The lowest BCUT2D eigenvalue weighted by atomic mass is 10.3. The lowest BCUT2D eigenvalue weighted by Crippen LogP contribution is -2.53. The number of nitrogens with one attached hydrogen (secondary N) is 1. The van der Waals surface area contributed by atoms with Crippen molar-refractivity contribution >= 4 is 11.9 Å². The van der Waals surface area contributed by atoms with E-state index in [2.05, 4.69) is 15.3 Å². The SMILES string of the molecule is CCNC(=NCCc1ccn(-c2ccc(F)cc2)n1)N1CCN(C(C)=O)CC1. The van der Waals surface area contributed by atoms with Gasteiger partial charge in [0.2, 0.25) is 5.91 Å². The first-order chi connectivity index (χ1) is 13.6. The number of halogens is 1. The molecule has 28 heavy (non-hydrogen) atoms. The zero-order valence-electron chi connectivity index (χ0n) is 16.4. The molecule has 1 aromatic carbocycles. The Kier molecular flexibility index (Phi) is 6.62. The zero-order chi connectivity index (χ0) is 19.9. The third kappa shape index (κ3) is 5.09. The molecule has 1 aliphatic rings. The van der Waals surface area contributed by atoms with E-state index in [0.717, 1.165) is 56.5 Å². The maximum Gasteiger partial charge on any atom is 0.219 e. The van der Waals surface area contributed by atoms with Crippen molar-refractivity contribution in [3.8, 4) is 5.69 Å². The van der Waals surface area contributed by atoms with E-state index in [9.17, 15) is 9.18 Å². The Labute approximate surface area is 164 Å². The molecule has 1 aliphatic heterocycles. The van der Waals surface area contributed by atoms with E-state index < -0.39 is 0 Å².